The van der Waals surface area contributed by atoms with E-state index in [0.29, 0.717) is 18.1 Å². The van der Waals surface area contributed by atoms with Crippen LogP contribution < -0.4 is 4.74 Å². The molecule has 39 heavy (non-hydrogen) atoms. The lowest BCUT2D eigenvalue weighted by Crippen LogP contribution is -2.50. The average molecular weight is 577 g/mol. The molecule has 1 aliphatic carbocycles. The van der Waals surface area contributed by atoms with E-state index in [9.17, 15) is 26.3 Å². The van der Waals surface area contributed by atoms with Crippen molar-refractivity contribution in [3.05, 3.63) is 29.8 Å². The van der Waals surface area contributed by atoms with Crippen molar-refractivity contribution in [1.82, 2.24) is 9.80 Å². The van der Waals surface area contributed by atoms with Crippen LogP contribution in [0.15, 0.2) is 24.3 Å². The highest BCUT2D eigenvalue weighted by atomic mass is 19.4. The van der Waals surface area contributed by atoms with E-state index in [2.05, 4.69) is 36.0 Å². The lowest BCUT2D eigenvalue weighted by molar-refractivity contribution is -0.193. The van der Waals surface area contributed by atoms with Gasteiger partial charge in [-0.25, -0.2) is 9.59 Å². The van der Waals surface area contributed by atoms with Gasteiger partial charge >= 0.3 is 24.3 Å². The van der Waals surface area contributed by atoms with E-state index in [1.807, 2.05) is 12.1 Å². The van der Waals surface area contributed by atoms with Crippen LogP contribution in [0.1, 0.15) is 18.4 Å². The Kier molecular flexibility index (Phi) is 14.0. The maximum atomic E-state index is 10.6. The molecule has 0 aromatic heterocycles. The average Bonchev–Trinajstić information content (AvgIpc) is 3.26. The second kappa shape index (κ2) is 15.8. The summed E-state index contributed by atoms with van der Waals surface area (Å²) in [5.41, 5.74) is 1.34. The molecular weight excluding hydrogens is 542 g/mol. The molecule has 0 bridgehead atoms. The van der Waals surface area contributed by atoms with Gasteiger partial charge in [0, 0.05) is 31.6 Å². The van der Waals surface area contributed by atoms with Crippen LogP contribution in [-0.2, 0) is 25.6 Å². The van der Waals surface area contributed by atoms with Crippen molar-refractivity contribution >= 4 is 11.9 Å². The zero-order valence-corrected chi connectivity index (χ0v) is 21.8. The standard InChI is InChI=1S/C20H32N2O3.2C2HF3O2/c1-21(2)10-12-24-15-17-6-9-19-20(17)25-13-11-22(19)14-16-4-7-18(23-3)8-5-16;2*3-2(4,5)1(6)7/h4-5,7-8,17,19-20H,6,9-15H2,1-3H3;2*(H,6,7). The topological polar surface area (TPSA) is 109 Å². The van der Waals surface area contributed by atoms with Crippen LogP contribution in [0.3, 0.4) is 0 Å². The molecule has 2 aliphatic rings. The van der Waals surface area contributed by atoms with Crippen LogP contribution in [0, 0.1) is 5.92 Å². The molecule has 1 aromatic rings. The molecule has 1 aromatic carbocycles. The molecule has 224 valence electrons. The van der Waals surface area contributed by atoms with Gasteiger partial charge in [0.05, 0.1) is 33.0 Å². The summed E-state index contributed by atoms with van der Waals surface area (Å²) in [6.07, 6.45) is -7.43. The number of morpholine rings is 1. The molecule has 2 N–H and O–H groups in total. The van der Waals surface area contributed by atoms with Crippen molar-refractivity contribution in [3.63, 3.8) is 0 Å². The molecule has 9 nitrogen and oxygen atoms in total. The molecule has 3 unspecified atom stereocenters. The Balaban J connectivity index is 0.000000449. The second-order valence-electron chi connectivity index (χ2n) is 9.04. The number of carboxylic acids is 2. The number of benzene rings is 1. The molecule has 1 saturated carbocycles. The summed E-state index contributed by atoms with van der Waals surface area (Å²) < 4.78 is 80.8. The van der Waals surface area contributed by atoms with Gasteiger partial charge in [-0.1, -0.05) is 12.1 Å². The summed E-state index contributed by atoms with van der Waals surface area (Å²) in [6.45, 7) is 5.43. The largest absolute Gasteiger partial charge is 0.497 e. The molecule has 0 spiro atoms. The van der Waals surface area contributed by atoms with Gasteiger partial charge in [0.15, 0.2) is 0 Å². The number of hydrogen-bond donors (Lipinski definition) is 2. The van der Waals surface area contributed by atoms with Gasteiger partial charge in [-0.3, -0.25) is 4.90 Å². The number of fused-ring (bicyclic) bond motifs is 1. The number of alkyl halides is 6. The maximum absolute atomic E-state index is 10.6. The molecule has 1 heterocycles. The Morgan fingerprint density at radius 2 is 1.56 bits per heavy atom. The van der Waals surface area contributed by atoms with Gasteiger partial charge in [-0.15, -0.1) is 0 Å². The van der Waals surface area contributed by atoms with E-state index in [1.165, 1.54) is 18.4 Å². The van der Waals surface area contributed by atoms with Gasteiger partial charge in [0.1, 0.15) is 5.75 Å². The third-order valence-electron chi connectivity index (χ3n) is 5.88. The monoisotopic (exact) mass is 576 g/mol. The van der Waals surface area contributed by atoms with E-state index < -0.39 is 24.3 Å². The van der Waals surface area contributed by atoms with E-state index in [0.717, 1.165) is 45.2 Å². The quantitative estimate of drug-likeness (QED) is 0.355. The molecule has 0 amide bonds. The zero-order chi connectivity index (χ0) is 29.8. The van der Waals surface area contributed by atoms with Crippen molar-refractivity contribution in [2.24, 2.45) is 5.92 Å². The number of hydrogen-bond acceptors (Lipinski definition) is 7. The van der Waals surface area contributed by atoms with Crippen molar-refractivity contribution < 1.29 is 60.4 Å². The minimum atomic E-state index is -5.08. The summed E-state index contributed by atoms with van der Waals surface area (Å²) in [4.78, 5) is 22.5. The van der Waals surface area contributed by atoms with Crippen molar-refractivity contribution in [2.45, 2.75) is 43.9 Å². The summed E-state index contributed by atoms with van der Waals surface area (Å²) >= 11 is 0. The number of halogens is 6. The van der Waals surface area contributed by atoms with Gasteiger partial charge in [0.25, 0.3) is 0 Å². The Morgan fingerprint density at radius 3 is 2.03 bits per heavy atom. The second-order valence-corrected chi connectivity index (χ2v) is 9.04. The highest BCUT2D eigenvalue weighted by Crippen LogP contribution is 2.35. The van der Waals surface area contributed by atoms with Crippen molar-refractivity contribution in [1.29, 1.82) is 0 Å². The summed E-state index contributed by atoms with van der Waals surface area (Å²) in [5.74, 6) is -4.06. The minimum absolute atomic E-state index is 0.325. The summed E-state index contributed by atoms with van der Waals surface area (Å²) in [7, 11) is 5.87. The van der Waals surface area contributed by atoms with Crippen LogP contribution in [0.25, 0.3) is 0 Å². The van der Waals surface area contributed by atoms with E-state index in [-0.39, 0.29) is 0 Å². The number of carbonyl (C=O) groups is 2. The first-order chi connectivity index (χ1) is 18.1. The predicted molar refractivity (Wildman–Crippen MR) is 126 cm³/mol. The van der Waals surface area contributed by atoms with Crippen LogP contribution in [0.4, 0.5) is 26.3 Å². The van der Waals surface area contributed by atoms with Crippen LogP contribution in [-0.4, -0.2) is 111 Å². The Hall–Kier alpha value is -2.62. The number of rotatable bonds is 8. The molecule has 15 heteroatoms. The lowest BCUT2D eigenvalue weighted by atomic mass is 10.0. The number of carboxylic acid groups (broad SMARTS) is 2. The molecule has 1 aliphatic heterocycles. The first-order valence-corrected chi connectivity index (χ1v) is 11.9. The van der Waals surface area contributed by atoms with Gasteiger partial charge in [-0.2, -0.15) is 26.3 Å². The minimum Gasteiger partial charge on any atom is -0.497 e. The molecule has 1 saturated heterocycles. The number of nitrogens with zero attached hydrogens (tertiary/aromatic N) is 2. The zero-order valence-electron chi connectivity index (χ0n) is 21.8. The highest BCUT2D eigenvalue weighted by Gasteiger charge is 2.42. The van der Waals surface area contributed by atoms with Crippen LogP contribution in [0.2, 0.25) is 0 Å². The number of aliphatic carboxylic acids is 2. The molecule has 0 radical (unpaired) electrons. The Morgan fingerprint density at radius 1 is 1.03 bits per heavy atom. The number of ether oxygens (including phenoxy) is 3. The molecule has 3 atom stereocenters. The third kappa shape index (κ3) is 12.9. The van der Waals surface area contributed by atoms with Gasteiger partial charge in [0.2, 0.25) is 0 Å². The Bertz CT molecular complexity index is 857. The summed E-state index contributed by atoms with van der Waals surface area (Å²) in [6, 6.07) is 8.95. The van der Waals surface area contributed by atoms with Gasteiger partial charge < -0.3 is 29.3 Å². The van der Waals surface area contributed by atoms with E-state index >= 15 is 0 Å². The first kappa shape index (κ1) is 34.4. The fraction of sp³-hybridized carbons (Fsp3) is 0.667. The van der Waals surface area contributed by atoms with Gasteiger partial charge in [-0.05, 0) is 44.6 Å². The fourth-order valence-corrected chi connectivity index (χ4v) is 3.96. The third-order valence-corrected chi connectivity index (χ3v) is 5.88. The van der Waals surface area contributed by atoms with E-state index in [1.54, 1.807) is 7.11 Å². The van der Waals surface area contributed by atoms with Crippen LogP contribution in [0.5, 0.6) is 5.75 Å². The normalized spacial score (nSPS) is 21.2. The first-order valence-electron chi connectivity index (χ1n) is 11.9. The van der Waals surface area contributed by atoms with E-state index in [4.69, 9.17) is 34.0 Å². The highest BCUT2D eigenvalue weighted by molar-refractivity contribution is 5.73. The van der Waals surface area contributed by atoms with Crippen LogP contribution >= 0.6 is 0 Å². The van der Waals surface area contributed by atoms with Crippen molar-refractivity contribution in [3.8, 4) is 5.75 Å². The molecule has 2 fully saturated rings. The maximum Gasteiger partial charge on any atom is 0.490 e. The van der Waals surface area contributed by atoms with Crippen molar-refractivity contribution in [2.75, 3.05) is 54.1 Å². The Labute approximate surface area is 222 Å². The fourth-order valence-electron chi connectivity index (χ4n) is 3.96. The molecule has 3 rings (SSSR count). The SMILES string of the molecule is COc1ccc(CN2CCOC3C(COCCN(C)C)CCC32)cc1.O=C(O)C(F)(F)F.O=C(O)C(F)(F)F. The smallest absolute Gasteiger partial charge is 0.490 e. The predicted octanol–water partition coefficient (Wildman–Crippen LogP) is 3.52. The molecular formula is C24H34F6N2O7. The number of methoxy groups -OCH3 is 1. The summed E-state index contributed by atoms with van der Waals surface area (Å²) in [5, 5.41) is 14.2. The lowest BCUT2D eigenvalue weighted by Gasteiger charge is -2.39. The number of likely N-dealkylation sites (N-methyl/N-ethyl adjacent to an activating group) is 1.